The average Bonchev–Trinajstić information content (AvgIpc) is 2.87. The van der Waals surface area contributed by atoms with Gasteiger partial charge in [0.2, 0.25) is 0 Å². The maximum atomic E-state index is 10.7. The quantitative estimate of drug-likeness (QED) is 0.666. The van der Waals surface area contributed by atoms with Crippen molar-refractivity contribution in [2.24, 2.45) is 0 Å². The maximum Gasteiger partial charge on any atom is 0.324 e. The predicted molar refractivity (Wildman–Crippen MR) is 77.5 cm³/mol. The second kappa shape index (κ2) is 6.45. The summed E-state index contributed by atoms with van der Waals surface area (Å²) in [6, 6.07) is 4.74. The topological polar surface area (TPSA) is 58.4 Å². The zero-order valence-corrected chi connectivity index (χ0v) is 12.3. The molecule has 0 spiro atoms. The molecule has 1 aromatic rings. The third-order valence-corrected chi connectivity index (χ3v) is 4.98. The lowest BCUT2D eigenvalue weighted by Gasteiger charge is -2.34. The van der Waals surface area contributed by atoms with Crippen molar-refractivity contribution in [2.45, 2.75) is 44.3 Å². The van der Waals surface area contributed by atoms with Gasteiger partial charge in [0.25, 0.3) is 0 Å². The number of hydrogen-bond acceptors (Lipinski definition) is 5. The van der Waals surface area contributed by atoms with Crippen molar-refractivity contribution in [3.05, 3.63) is 27.1 Å². The second-order valence-electron chi connectivity index (χ2n) is 5.21. The first-order valence-corrected chi connectivity index (χ1v) is 7.52. The van der Waals surface area contributed by atoms with Crippen molar-refractivity contribution in [3.63, 3.8) is 0 Å². The molecule has 0 atom stereocenters. The zero-order chi connectivity index (χ0) is 13.8. The number of nitro groups is 1. The van der Waals surface area contributed by atoms with Crippen molar-refractivity contribution in [2.75, 3.05) is 14.1 Å². The molecular weight excluding hydrogens is 262 g/mol. The SMILES string of the molecule is CNC1CCC(N(C)Cc2ccc([N+](=O)[O-])s2)CC1. The fourth-order valence-electron chi connectivity index (χ4n) is 2.73. The van der Waals surface area contributed by atoms with Gasteiger partial charge in [0.1, 0.15) is 0 Å². The van der Waals surface area contributed by atoms with Gasteiger partial charge in [-0.15, -0.1) is 0 Å². The molecule has 0 amide bonds. The molecule has 1 aliphatic rings. The third kappa shape index (κ3) is 3.75. The van der Waals surface area contributed by atoms with E-state index in [0.29, 0.717) is 12.1 Å². The minimum Gasteiger partial charge on any atom is -0.317 e. The van der Waals surface area contributed by atoms with Gasteiger partial charge in [0.05, 0.1) is 4.92 Å². The highest BCUT2D eigenvalue weighted by molar-refractivity contribution is 7.15. The van der Waals surface area contributed by atoms with E-state index in [2.05, 4.69) is 17.3 Å². The summed E-state index contributed by atoms with van der Waals surface area (Å²) in [6.45, 7) is 0.813. The first kappa shape index (κ1) is 14.4. The van der Waals surface area contributed by atoms with Crippen LogP contribution in [0.3, 0.4) is 0 Å². The molecule has 0 unspecified atom stereocenters. The Hall–Kier alpha value is -0.980. The lowest BCUT2D eigenvalue weighted by Crippen LogP contribution is -2.39. The van der Waals surface area contributed by atoms with Crippen molar-refractivity contribution in [3.8, 4) is 0 Å². The van der Waals surface area contributed by atoms with Gasteiger partial charge in [-0.3, -0.25) is 15.0 Å². The molecule has 0 aromatic carbocycles. The Morgan fingerprint density at radius 3 is 2.63 bits per heavy atom. The normalized spacial score (nSPS) is 23.7. The van der Waals surface area contributed by atoms with E-state index in [1.54, 1.807) is 6.07 Å². The van der Waals surface area contributed by atoms with Crippen molar-refractivity contribution in [1.82, 2.24) is 10.2 Å². The standard InChI is InChI=1S/C13H21N3O2S/c1-14-10-3-5-11(6-4-10)15(2)9-12-7-8-13(19-12)16(17)18/h7-8,10-11,14H,3-6,9H2,1-2H3. The van der Waals surface area contributed by atoms with Crippen LogP contribution in [0.5, 0.6) is 0 Å². The summed E-state index contributed by atoms with van der Waals surface area (Å²) in [7, 11) is 4.15. The van der Waals surface area contributed by atoms with E-state index in [0.717, 1.165) is 11.4 Å². The average molecular weight is 283 g/mol. The maximum absolute atomic E-state index is 10.7. The van der Waals surface area contributed by atoms with Gasteiger partial charge in [-0.05, 0) is 45.8 Å². The summed E-state index contributed by atoms with van der Waals surface area (Å²) in [6.07, 6.45) is 4.84. The molecule has 0 bridgehead atoms. The first-order valence-electron chi connectivity index (χ1n) is 6.70. The molecule has 6 heteroatoms. The van der Waals surface area contributed by atoms with Crippen LogP contribution in [0, 0.1) is 10.1 Å². The van der Waals surface area contributed by atoms with Gasteiger partial charge < -0.3 is 5.32 Å². The molecule has 1 aromatic heterocycles. The van der Waals surface area contributed by atoms with Crippen LogP contribution in [0.15, 0.2) is 12.1 Å². The van der Waals surface area contributed by atoms with Crippen molar-refractivity contribution in [1.29, 1.82) is 0 Å². The third-order valence-electron chi connectivity index (χ3n) is 3.96. The first-order chi connectivity index (χ1) is 9.10. The summed E-state index contributed by atoms with van der Waals surface area (Å²) in [5.74, 6) is 0. The highest BCUT2D eigenvalue weighted by atomic mass is 32.1. The van der Waals surface area contributed by atoms with Gasteiger partial charge in [-0.25, -0.2) is 0 Å². The molecule has 0 saturated heterocycles. The van der Waals surface area contributed by atoms with Gasteiger partial charge in [0, 0.05) is 29.6 Å². The molecule has 106 valence electrons. The van der Waals surface area contributed by atoms with Crippen molar-refractivity contribution < 1.29 is 4.92 Å². The highest BCUT2D eigenvalue weighted by Gasteiger charge is 2.23. The number of hydrogen-bond donors (Lipinski definition) is 1. The van der Waals surface area contributed by atoms with Crippen LogP contribution in [0.1, 0.15) is 30.6 Å². The molecule has 5 nitrogen and oxygen atoms in total. The van der Waals surface area contributed by atoms with Gasteiger partial charge in [-0.2, -0.15) is 0 Å². The van der Waals surface area contributed by atoms with E-state index in [1.807, 2.05) is 13.1 Å². The Labute approximate surface area is 117 Å². The summed E-state index contributed by atoms with van der Waals surface area (Å²) >= 11 is 1.29. The Balaban J connectivity index is 1.86. The molecule has 0 radical (unpaired) electrons. The van der Waals surface area contributed by atoms with Crippen LogP contribution in [0.2, 0.25) is 0 Å². The van der Waals surface area contributed by atoms with E-state index in [1.165, 1.54) is 37.0 Å². The molecule has 1 heterocycles. The fourth-order valence-corrected chi connectivity index (χ4v) is 3.61. The van der Waals surface area contributed by atoms with E-state index in [9.17, 15) is 10.1 Å². The molecule has 1 aliphatic carbocycles. The Kier molecular flexibility index (Phi) is 4.90. The summed E-state index contributed by atoms with van der Waals surface area (Å²) in [5.41, 5.74) is 0. The molecule has 1 fully saturated rings. The van der Waals surface area contributed by atoms with Crippen molar-refractivity contribution >= 4 is 16.3 Å². The zero-order valence-electron chi connectivity index (χ0n) is 11.5. The predicted octanol–water partition coefficient (Wildman–Crippen LogP) is 2.62. The smallest absolute Gasteiger partial charge is 0.317 e. The highest BCUT2D eigenvalue weighted by Crippen LogP contribution is 2.28. The van der Waals surface area contributed by atoms with E-state index >= 15 is 0 Å². The monoisotopic (exact) mass is 283 g/mol. The fraction of sp³-hybridized carbons (Fsp3) is 0.692. The van der Waals surface area contributed by atoms with Crippen LogP contribution < -0.4 is 5.32 Å². The number of nitrogens with zero attached hydrogens (tertiary/aromatic N) is 2. The van der Waals surface area contributed by atoms with E-state index in [-0.39, 0.29) is 9.92 Å². The summed E-state index contributed by atoms with van der Waals surface area (Å²) < 4.78 is 0. The minimum atomic E-state index is -0.313. The van der Waals surface area contributed by atoms with Gasteiger partial charge in [-0.1, -0.05) is 11.3 Å². The van der Waals surface area contributed by atoms with Gasteiger partial charge >= 0.3 is 5.00 Å². The summed E-state index contributed by atoms with van der Waals surface area (Å²) in [5, 5.41) is 14.2. The minimum absolute atomic E-state index is 0.238. The molecule has 19 heavy (non-hydrogen) atoms. The van der Waals surface area contributed by atoms with Crippen LogP contribution >= 0.6 is 11.3 Å². The molecule has 1 N–H and O–H groups in total. The van der Waals surface area contributed by atoms with Crippen LogP contribution in [-0.4, -0.2) is 36.0 Å². The molecular formula is C13H21N3O2S. The van der Waals surface area contributed by atoms with Crippen LogP contribution in [-0.2, 0) is 6.54 Å². The van der Waals surface area contributed by atoms with E-state index in [4.69, 9.17) is 0 Å². The Morgan fingerprint density at radius 2 is 2.11 bits per heavy atom. The van der Waals surface area contributed by atoms with E-state index < -0.39 is 0 Å². The molecule has 2 rings (SSSR count). The lowest BCUT2D eigenvalue weighted by atomic mass is 9.90. The summed E-state index contributed by atoms with van der Waals surface area (Å²) in [4.78, 5) is 13.8. The van der Waals surface area contributed by atoms with Gasteiger partial charge in [0.15, 0.2) is 0 Å². The molecule has 1 saturated carbocycles. The Morgan fingerprint density at radius 1 is 1.42 bits per heavy atom. The Bertz CT molecular complexity index is 427. The second-order valence-corrected chi connectivity index (χ2v) is 6.35. The van der Waals surface area contributed by atoms with Crippen LogP contribution in [0.25, 0.3) is 0 Å². The number of nitrogens with one attached hydrogen (secondary N) is 1. The lowest BCUT2D eigenvalue weighted by molar-refractivity contribution is -0.380. The number of rotatable bonds is 5. The molecule has 0 aliphatic heterocycles. The largest absolute Gasteiger partial charge is 0.324 e. The number of thiophene rings is 1. The van der Waals surface area contributed by atoms with Crippen LogP contribution in [0.4, 0.5) is 5.00 Å².